The van der Waals surface area contributed by atoms with E-state index >= 15 is 0 Å². The van der Waals surface area contributed by atoms with E-state index in [1.165, 1.54) is 0 Å². The highest BCUT2D eigenvalue weighted by Gasteiger charge is 2.15. The average molecular weight is 367 g/mol. The monoisotopic (exact) mass is 366 g/mol. The quantitative estimate of drug-likeness (QED) is 0.692. The van der Waals surface area contributed by atoms with E-state index in [1.807, 2.05) is 11.6 Å². The number of anilines is 2. The van der Waals surface area contributed by atoms with Crippen molar-refractivity contribution in [3.63, 3.8) is 0 Å². The van der Waals surface area contributed by atoms with Gasteiger partial charge in [0.1, 0.15) is 7.05 Å². The summed E-state index contributed by atoms with van der Waals surface area (Å²) in [5.74, 6) is -0.597. The van der Waals surface area contributed by atoms with Crippen molar-refractivity contribution in [2.45, 2.75) is 0 Å². The Bertz CT molecular complexity index is 938. The SMILES string of the molecule is C[n+]1ccc(C(=O)Nc2ccccc2C(=O)Nc2ccc(Cl)cc2)cc1. The van der Waals surface area contributed by atoms with Crippen LogP contribution < -0.4 is 15.2 Å². The third kappa shape index (κ3) is 4.26. The number of hydrogen-bond acceptors (Lipinski definition) is 2. The Hall–Kier alpha value is -3.18. The molecule has 0 saturated carbocycles. The van der Waals surface area contributed by atoms with Gasteiger partial charge in [-0.1, -0.05) is 23.7 Å². The van der Waals surface area contributed by atoms with Gasteiger partial charge in [-0.05, 0) is 36.4 Å². The number of aromatic nitrogens is 1. The van der Waals surface area contributed by atoms with Gasteiger partial charge in [0.15, 0.2) is 12.4 Å². The molecule has 5 nitrogen and oxygen atoms in total. The van der Waals surface area contributed by atoms with Crippen LogP contribution in [0.2, 0.25) is 5.02 Å². The Morgan fingerprint density at radius 3 is 2.19 bits per heavy atom. The van der Waals surface area contributed by atoms with Crippen LogP contribution in [0.25, 0.3) is 0 Å². The second-order valence-corrected chi connectivity index (χ2v) is 6.15. The molecule has 0 saturated heterocycles. The van der Waals surface area contributed by atoms with E-state index in [-0.39, 0.29) is 11.8 Å². The minimum Gasteiger partial charge on any atom is -0.322 e. The predicted octanol–water partition coefficient (Wildman–Crippen LogP) is 3.67. The zero-order chi connectivity index (χ0) is 18.5. The van der Waals surface area contributed by atoms with Gasteiger partial charge in [-0.3, -0.25) is 9.59 Å². The van der Waals surface area contributed by atoms with Gasteiger partial charge in [0.25, 0.3) is 11.8 Å². The molecule has 26 heavy (non-hydrogen) atoms. The molecule has 0 fully saturated rings. The first kappa shape index (κ1) is 17.6. The van der Waals surface area contributed by atoms with Gasteiger partial charge < -0.3 is 10.6 Å². The summed E-state index contributed by atoms with van der Waals surface area (Å²) in [6, 6.07) is 17.1. The molecule has 0 aliphatic rings. The van der Waals surface area contributed by atoms with Crippen molar-refractivity contribution in [1.82, 2.24) is 0 Å². The number of nitrogens with one attached hydrogen (secondary N) is 2. The van der Waals surface area contributed by atoms with Gasteiger partial charge in [-0.15, -0.1) is 0 Å². The zero-order valence-electron chi connectivity index (χ0n) is 14.1. The van der Waals surface area contributed by atoms with Crippen molar-refractivity contribution in [1.29, 1.82) is 0 Å². The summed E-state index contributed by atoms with van der Waals surface area (Å²) in [6.07, 6.45) is 3.57. The molecule has 0 atom stereocenters. The van der Waals surface area contributed by atoms with Crippen molar-refractivity contribution >= 4 is 34.8 Å². The fourth-order valence-electron chi connectivity index (χ4n) is 2.37. The Morgan fingerprint density at radius 2 is 1.50 bits per heavy atom. The first-order chi connectivity index (χ1) is 12.5. The van der Waals surface area contributed by atoms with Gasteiger partial charge in [-0.25, -0.2) is 4.57 Å². The smallest absolute Gasteiger partial charge is 0.257 e. The number of pyridine rings is 1. The lowest BCUT2D eigenvalue weighted by Crippen LogP contribution is -2.27. The predicted molar refractivity (Wildman–Crippen MR) is 101 cm³/mol. The standard InChI is InChI=1S/C20H16ClN3O2/c1-24-12-10-14(11-13-24)19(25)23-18-5-3-2-4-17(18)20(26)22-16-8-6-15(21)7-9-16/h2-13H,1H3,(H-,22,23,25,26)/p+1. The van der Waals surface area contributed by atoms with Crippen LogP contribution in [0.1, 0.15) is 20.7 Å². The lowest BCUT2D eigenvalue weighted by Gasteiger charge is -2.11. The molecule has 130 valence electrons. The number of hydrogen-bond donors (Lipinski definition) is 2. The highest BCUT2D eigenvalue weighted by atomic mass is 35.5. The molecular formula is C20H17ClN3O2+. The summed E-state index contributed by atoms with van der Waals surface area (Å²) >= 11 is 5.85. The molecule has 0 bridgehead atoms. The number of nitrogens with zero attached hydrogens (tertiary/aromatic N) is 1. The first-order valence-electron chi connectivity index (χ1n) is 7.95. The molecule has 3 aromatic rings. The van der Waals surface area contributed by atoms with Crippen LogP contribution >= 0.6 is 11.6 Å². The minimum atomic E-state index is -0.317. The number of carbonyl (C=O) groups is 2. The molecule has 1 aromatic heterocycles. The molecule has 0 aliphatic carbocycles. The Morgan fingerprint density at radius 1 is 0.846 bits per heavy atom. The van der Waals surface area contributed by atoms with Gasteiger partial charge in [0.2, 0.25) is 0 Å². The summed E-state index contributed by atoms with van der Waals surface area (Å²) in [5, 5.41) is 6.18. The topological polar surface area (TPSA) is 62.1 Å². The summed E-state index contributed by atoms with van der Waals surface area (Å²) in [7, 11) is 1.87. The second kappa shape index (κ2) is 7.80. The maximum atomic E-state index is 12.6. The molecule has 0 unspecified atom stereocenters. The van der Waals surface area contributed by atoms with Crippen LogP contribution in [-0.2, 0) is 7.05 Å². The lowest BCUT2D eigenvalue weighted by atomic mass is 10.1. The summed E-state index contributed by atoms with van der Waals surface area (Å²) in [5.41, 5.74) is 1.95. The van der Waals surface area contributed by atoms with Gasteiger partial charge >= 0.3 is 0 Å². The molecule has 3 rings (SSSR count). The van der Waals surface area contributed by atoms with Crippen molar-refractivity contribution in [2.75, 3.05) is 10.6 Å². The molecule has 1 heterocycles. The third-order valence-electron chi connectivity index (χ3n) is 3.76. The Labute approximate surface area is 156 Å². The number of rotatable bonds is 4. The van der Waals surface area contributed by atoms with Crippen LogP contribution in [0.15, 0.2) is 73.1 Å². The fourth-order valence-corrected chi connectivity index (χ4v) is 2.49. The number of carbonyl (C=O) groups excluding carboxylic acids is 2. The normalized spacial score (nSPS) is 10.2. The lowest BCUT2D eigenvalue weighted by molar-refractivity contribution is -0.671. The number of benzene rings is 2. The highest BCUT2D eigenvalue weighted by Crippen LogP contribution is 2.19. The number of aryl methyl sites for hydroxylation is 1. The van der Waals surface area contributed by atoms with Gasteiger partial charge in [0, 0.05) is 22.8 Å². The minimum absolute atomic E-state index is 0.280. The molecular weight excluding hydrogens is 350 g/mol. The van der Waals surface area contributed by atoms with Gasteiger partial charge in [0.05, 0.1) is 16.8 Å². The van der Waals surface area contributed by atoms with E-state index in [0.29, 0.717) is 27.5 Å². The Kier molecular flexibility index (Phi) is 5.29. The van der Waals surface area contributed by atoms with Crippen LogP contribution in [0.5, 0.6) is 0 Å². The fraction of sp³-hybridized carbons (Fsp3) is 0.0500. The van der Waals surface area contributed by atoms with Crippen LogP contribution in [-0.4, -0.2) is 11.8 Å². The van der Waals surface area contributed by atoms with E-state index < -0.39 is 0 Å². The van der Waals surface area contributed by atoms with Crippen molar-refractivity contribution in [2.24, 2.45) is 7.05 Å². The van der Waals surface area contributed by atoms with Crippen LogP contribution in [0.4, 0.5) is 11.4 Å². The van der Waals surface area contributed by atoms with Crippen molar-refractivity contribution in [3.05, 3.63) is 89.2 Å². The van der Waals surface area contributed by atoms with Crippen LogP contribution in [0.3, 0.4) is 0 Å². The number of para-hydroxylation sites is 1. The molecule has 2 N–H and O–H groups in total. The number of amides is 2. The van der Waals surface area contributed by atoms with E-state index in [1.54, 1.807) is 73.1 Å². The largest absolute Gasteiger partial charge is 0.322 e. The maximum absolute atomic E-state index is 12.6. The summed E-state index contributed by atoms with van der Waals surface area (Å²) < 4.78 is 1.84. The molecule has 0 spiro atoms. The van der Waals surface area contributed by atoms with Crippen molar-refractivity contribution in [3.8, 4) is 0 Å². The average Bonchev–Trinajstić information content (AvgIpc) is 2.64. The van der Waals surface area contributed by atoms with E-state index in [2.05, 4.69) is 10.6 Å². The third-order valence-corrected chi connectivity index (χ3v) is 4.01. The molecule has 0 radical (unpaired) electrons. The summed E-state index contributed by atoms with van der Waals surface area (Å²) in [4.78, 5) is 25.0. The van der Waals surface area contributed by atoms with E-state index in [4.69, 9.17) is 11.6 Å². The molecule has 2 aromatic carbocycles. The van der Waals surface area contributed by atoms with E-state index in [9.17, 15) is 9.59 Å². The highest BCUT2D eigenvalue weighted by molar-refractivity contribution is 6.30. The molecule has 0 aliphatic heterocycles. The zero-order valence-corrected chi connectivity index (χ0v) is 14.8. The van der Waals surface area contributed by atoms with E-state index in [0.717, 1.165) is 0 Å². The number of halogens is 1. The van der Waals surface area contributed by atoms with Crippen LogP contribution in [0, 0.1) is 0 Å². The van der Waals surface area contributed by atoms with Crippen molar-refractivity contribution < 1.29 is 14.2 Å². The molecule has 2 amide bonds. The summed E-state index contributed by atoms with van der Waals surface area (Å²) in [6.45, 7) is 0. The van der Waals surface area contributed by atoms with Gasteiger partial charge in [-0.2, -0.15) is 0 Å². The first-order valence-corrected chi connectivity index (χ1v) is 8.33. The Balaban J connectivity index is 1.79. The molecule has 6 heteroatoms. The second-order valence-electron chi connectivity index (χ2n) is 5.71. The maximum Gasteiger partial charge on any atom is 0.257 e.